The number of carbonyl (C=O) groups excluding carboxylic acids is 1. The first-order valence-corrected chi connectivity index (χ1v) is 7.80. The summed E-state index contributed by atoms with van der Waals surface area (Å²) in [6.45, 7) is 7.27. The fourth-order valence-electron chi connectivity index (χ4n) is 3.70. The highest BCUT2D eigenvalue weighted by Gasteiger charge is 2.35. The number of hydrogen-bond donors (Lipinski definition) is 0. The zero-order chi connectivity index (χ0) is 14.1. The Morgan fingerprint density at radius 2 is 1.65 bits per heavy atom. The number of benzene rings is 1. The minimum atomic E-state index is 0.116. The average molecular weight is 272 g/mol. The van der Waals surface area contributed by atoms with Crippen LogP contribution in [0.5, 0.6) is 0 Å². The van der Waals surface area contributed by atoms with Gasteiger partial charge in [0.15, 0.2) is 0 Å². The molecule has 3 nitrogen and oxygen atoms in total. The summed E-state index contributed by atoms with van der Waals surface area (Å²) >= 11 is 0. The lowest BCUT2D eigenvalue weighted by molar-refractivity contribution is -0.124. The molecule has 0 saturated carbocycles. The van der Waals surface area contributed by atoms with Crippen LogP contribution in [0.1, 0.15) is 36.8 Å². The Morgan fingerprint density at radius 1 is 1.00 bits per heavy atom. The summed E-state index contributed by atoms with van der Waals surface area (Å²) in [6, 6.07) is 6.40. The van der Waals surface area contributed by atoms with E-state index in [0.717, 1.165) is 38.2 Å². The number of rotatable bonds is 2. The number of anilines is 1. The molecule has 2 heterocycles. The van der Waals surface area contributed by atoms with E-state index in [1.807, 2.05) is 4.90 Å². The largest absolute Gasteiger partial charge is 0.311 e. The monoisotopic (exact) mass is 272 g/mol. The highest BCUT2D eigenvalue weighted by atomic mass is 16.2. The maximum Gasteiger partial charge on any atom is 0.244 e. The van der Waals surface area contributed by atoms with Crippen molar-refractivity contribution in [3.8, 4) is 0 Å². The van der Waals surface area contributed by atoms with E-state index in [1.54, 1.807) is 0 Å². The number of carbonyl (C=O) groups is 1. The van der Waals surface area contributed by atoms with Crippen LogP contribution < -0.4 is 4.90 Å². The number of aryl methyl sites for hydroxylation is 2. The number of hydrogen-bond acceptors (Lipinski definition) is 2. The third-order valence-electron chi connectivity index (χ3n) is 4.70. The third-order valence-corrected chi connectivity index (χ3v) is 4.70. The van der Waals surface area contributed by atoms with Crippen LogP contribution in [-0.2, 0) is 4.79 Å². The lowest BCUT2D eigenvalue weighted by Crippen LogP contribution is -2.52. The highest BCUT2D eigenvalue weighted by molar-refractivity contribution is 5.99. The normalized spacial score (nSPS) is 24.4. The lowest BCUT2D eigenvalue weighted by atomic mass is 9.99. The molecule has 0 bridgehead atoms. The molecule has 1 aromatic rings. The summed E-state index contributed by atoms with van der Waals surface area (Å²) in [4.78, 5) is 17.3. The quantitative estimate of drug-likeness (QED) is 0.826. The minimum absolute atomic E-state index is 0.116. The summed E-state index contributed by atoms with van der Waals surface area (Å²) < 4.78 is 0. The first kappa shape index (κ1) is 13.6. The van der Waals surface area contributed by atoms with Crippen LogP contribution in [0.2, 0.25) is 0 Å². The predicted molar refractivity (Wildman–Crippen MR) is 82.1 cm³/mol. The summed E-state index contributed by atoms with van der Waals surface area (Å²) in [7, 11) is 0. The van der Waals surface area contributed by atoms with Crippen LogP contribution in [0.15, 0.2) is 18.2 Å². The molecular weight excluding hydrogens is 248 g/mol. The van der Waals surface area contributed by atoms with Crippen LogP contribution in [0.3, 0.4) is 0 Å². The Bertz CT molecular complexity index is 485. The van der Waals surface area contributed by atoms with Crippen LogP contribution in [0, 0.1) is 13.8 Å². The minimum Gasteiger partial charge on any atom is -0.311 e. The number of para-hydroxylation sites is 1. The van der Waals surface area contributed by atoms with E-state index in [2.05, 4.69) is 36.9 Å². The number of nitrogens with zero attached hydrogens (tertiary/aromatic N) is 2. The van der Waals surface area contributed by atoms with E-state index in [0.29, 0.717) is 5.91 Å². The van der Waals surface area contributed by atoms with Crippen molar-refractivity contribution in [3.05, 3.63) is 29.3 Å². The maximum absolute atomic E-state index is 12.9. The van der Waals surface area contributed by atoms with Crippen molar-refractivity contribution < 1.29 is 4.79 Å². The van der Waals surface area contributed by atoms with Gasteiger partial charge in [0.2, 0.25) is 5.91 Å². The molecular formula is C17H24N2O. The summed E-state index contributed by atoms with van der Waals surface area (Å²) in [5.74, 6) is 0.315. The fourth-order valence-corrected chi connectivity index (χ4v) is 3.70. The number of likely N-dealkylation sites (tertiary alicyclic amines) is 1. The Hall–Kier alpha value is -1.35. The van der Waals surface area contributed by atoms with E-state index in [1.165, 1.54) is 24.0 Å². The van der Waals surface area contributed by atoms with Gasteiger partial charge in [0, 0.05) is 12.2 Å². The van der Waals surface area contributed by atoms with Crippen molar-refractivity contribution in [3.63, 3.8) is 0 Å². The van der Waals surface area contributed by atoms with Crippen LogP contribution in [-0.4, -0.2) is 36.5 Å². The average Bonchev–Trinajstić information content (AvgIpc) is 2.94. The zero-order valence-electron chi connectivity index (χ0n) is 12.6. The molecule has 2 saturated heterocycles. The fraction of sp³-hybridized carbons (Fsp3) is 0.588. The lowest BCUT2D eigenvalue weighted by Gasteiger charge is -2.38. The predicted octanol–water partition coefficient (Wildman–Crippen LogP) is 2.89. The van der Waals surface area contributed by atoms with E-state index < -0.39 is 0 Å². The molecule has 0 radical (unpaired) electrons. The Labute approximate surface area is 121 Å². The van der Waals surface area contributed by atoms with Crippen molar-refractivity contribution >= 4 is 11.6 Å². The van der Waals surface area contributed by atoms with Crippen LogP contribution in [0.25, 0.3) is 0 Å². The van der Waals surface area contributed by atoms with Gasteiger partial charge in [-0.2, -0.15) is 0 Å². The smallest absolute Gasteiger partial charge is 0.244 e. The van der Waals surface area contributed by atoms with Crippen molar-refractivity contribution in [1.82, 2.24) is 4.90 Å². The van der Waals surface area contributed by atoms with Gasteiger partial charge >= 0.3 is 0 Å². The second-order valence-electron chi connectivity index (χ2n) is 6.13. The highest BCUT2D eigenvalue weighted by Crippen LogP contribution is 2.30. The third kappa shape index (κ3) is 2.35. The molecule has 1 unspecified atom stereocenters. The van der Waals surface area contributed by atoms with Crippen LogP contribution in [0.4, 0.5) is 5.69 Å². The van der Waals surface area contributed by atoms with Crippen molar-refractivity contribution in [2.24, 2.45) is 0 Å². The van der Waals surface area contributed by atoms with E-state index in [9.17, 15) is 4.79 Å². The first-order valence-electron chi connectivity index (χ1n) is 7.80. The van der Waals surface area contributed by atoms with E-state index >= 15 is 0 Å². The molecule has 1 amide bonds. The molecule has 0 aromatic heterocycles. The molecule has 3 rings (SSSR count). The molecule has 2 fully saturated rings. The molecule has 1 atom stereocenters. The summed E-state index contributed by atoms with van der Waals surface area (Å²) in [6.07, 6.45) is 4.63. The molecule has 3 heteroatoms. The van der Waals surface area contributed by atoms with Crippen molar-refractivity contribution in [1.29, 1.82) is 0 Å². The van der Waals surface area contributed by atoms with Gasteiger partial charge in [-0.15, -0.1) is 0 Å². The Kier molecular flexibility index (Phi) is 3.79. The van der Waals surface area contributed by atoms with E-state index in [4.69, 9.17) is 0 Å². The van der Waals surface area contributed by atoms with Gasteiger partial charge in [-0.1, -0.05) is 18.2 Å². The van der Waals surface area contributed by atoms with Gasteiger partial charge in [-0.3, -0.25) is 9.69 Å². The van der Waals surface area contributed by atoms with Gasteiger partial charge < -0.3 is 4.90 Å². The second-order valence-corrected chi connectivity index (χ2v) is 6.13. The van der Waals surface area contributed by atoms with Gasteiger partial charge in [0.05, 0.1) is 6.04 Å². The molecule has 20 heavy (non-hydrogen) atoms. The number of piperidine rings is 1. The van der Waals surface area contributed by atoms with Crippen LogP contribution >= 0.6 is 0 Å². The van der Waals surface area contributed by atoms with Gasteiger partial charge in [0.25, 0.3) is 0 Å². The standard InChI is InChI=1S/C17H24N2O/c1-13-7-5-8-14(2)16(13)19-12-6-9-15(17(19)20)18-10-3-4-11-18/h5,7-8,15H,3-4,6,9-12H2,1-2H3. The van der Waals surface area contributed by atoms with E-state index in [-0.39, 0.29) is 6.04 Å². The SMILES string of the molecule is Cc1cccc(C)c1N1CCCC(N2CCCC2)C1=O. The Balaban J connectivity index is 1.88. The van der Waals surface area contributed by atoms with Gasteiger partial charge in [-0.05, 0) is 63.7 Å². The van der Waals surface area contributed by atoms with Crippen molar-refractivity contribution in [2.75, 3.05) is 24.5 Å². The summed E-state index contributed by atoms with van der Waals surface area (Å²) in [5, 5.41) is 0. The molecule has 0 aliphatic carbocycles. The van der Waals surface area contributed by atoms with Crippen molar-refractivity contribution in [2.45, 2.75) is 45.6 Å². The first-order chi connectivity index (χ1) is 9.68. The molecule has 0 N–H and O–H groups in total. The molecule has 2 aliphatic rings. The topological polar surface area (TPSA) is 23.6 Å². The summed E-state index contributed by atoms with van der Waals surface area (Å²) in [5.41, 5.74) is 3.56. The maximum atomic E-state index is 12.9. The second kappa shape index (κ2) is 5.57. The molecule has 1 aromatic carbocycles. The molecule has 0 spiro atoms. The zero-order valence-corrected chi connectivity index (χ0v) is 12.6. The molecule has 2 aliphatic heterocycles. The Morgan fingerprint density at radius 3 is 2.30 bits per heavy atom. The number of amides is 1. The molecule has 108 valence electrons. The van der Waals surface area contributed by atoms with Gasteiger partial charge in [-0.25, -0.2) is 0 Å². The van der Waals surface area contributed by atoms with Gasteiger partial charge in [0.1, 0.15) is 0 Å².